The molecule has 3 nitrogen and oxygen atoms in total. The zero-order valence-electron chi connectivity index (χ0n) is 12.8. The van der Waals surface area contributed by atoms with Gasteiger partial charge in [0.15, 0.2) is 5.82 Å². The fourth-order valence-corrected chi connectivity index (χ4v) is 1.97. The predicted molar refractivity (Wildman–Crippen MR) is 84.9 cm³/mol. The van der Waals surface area contributed by atoms with Crippen molar-refractivity contribution in [3.63, 3.8) is 0 Å². The summed E-state index contributed by atoms with van der Waals surface area (Å²) in [6.07, 6.45) is 2.89. The summed E-state index contributed by atoms with van der Waals surface area (Å²) in [6, 6.07) is 10.4. The number of nitrogens with zero attached hydrogens (tertiary/aromatic N) is 2. The molecule has 0 spiro atoms. The molecule has 2 aromatic rings. The monoisotopic (exact) mass is 269 g/mol. The Hall–Kier alpha value is -1.90. The van der Waals surface area contributed by atoms with Crippen LogP contribution >= 0.6 is 0 Å². The lowest BCUT2D eigenvalue weighted by Gasteiger charge is -2.19. The highest BCUT2D eigenvalue weighted by molar-refractivity contribution is 5.57. The first-order valence-electron chi connectivity index (χ1n) is 7.18. The SMILES string of the molecule is CCCNc1ccnc(-c2ccc(C(C)(C)C)cc2)n1. The minimum atomic E-state index is 0.171. The van der Waals surface area contributed by atoms with E-state index in [0.29, 0.717) is 0 Å². The van der Waals surface area contributed by atoms with Crippen LogP contribution in [0.25, 0.3) is 11.4 Å². The molecule has 0 atom stereocenters. The fourth-order valence-electron chi connectivity index (χ4n) is 1.97. The third-order valence-corrected chi connectivity index (χ3v) is 3.22. The number of hydrogen-bond acceptors (Lipinski definition) is 3. The second kappa shape index (κ2) is 6.04. The minimum Gasteiger partial charge on any atom is -0.370 e. The molecule has 1 aromatic carbocycles. The average molecular weight is 269 g/mol. The van der Waals surface area contributed by atoms with Crippen LogP contribution in [0.4, 0.5) is 5.82 Å². The zero-order valence-corrected chi connectivity index (χ0v) is 12.8. The Kier molecular flexibility index (Phi) is 4.38. The van der Waals surface area contributed by atoms with E-state index in [4.69, 9.17) is 0 Å². The molecule has 1 heterocycles. The summed E-state index contributed by atoms with van der Waals surface area (Å²) < 4.78 is 0. The number of anilines is 1. The quantitative estimate of drug-likeness (QED) is 0.901. The average Bonchev–Trinajstić information content (AvgIpc) is 2.45. The molecule has 0 amide bonds. The lowest BCUT2D eigenvalue weighted by atomic mass is 9.87. The molecule has 3 heteroatoms. The van der Waals surface area contributed by atoms with Gasteiger partial charge in [0.25, 0.3) is 0 Å². The van der Waals surface area contributed by atoms with Crippen molar-refractivity contribution in [2.75, 3.05) is 11.9 Å². The van der Waals surface area contributed by atoms with E-state index in [2.05, 4.69) is 67.2 Å². The first kappa shape index (κ1) is 14.5. The van der Waals surface area contributed by atoms with E-state index in [1.165, 1.54) is 5.56 Å². The van der Waals surface area contributed by atoms with E-state index in [1.54, 1.807) is 6.20 Å². The molecule has 0 unspecified atom stereocenters. The van der Waals surface area contributed by atoms with Crippen molar-refractivity contribution in [2.24, 2.45) is 0 Å². The van der Waals surface area contributed by atoms with Gasteiger partial charge in [0.05, 0.1) is 0 Å². The lowest BCUT2D eigenvalue weighted by Crippen LogP contribution is -2.10. The number of benzene rings is 1. The normalized spacial score (nSPS) is 11.4. The van der Waals surface area contributed by atoms with Gasteiger partial charge in [0.1, 0.15) is 5.82 Å². The number of aromatic nitrogens is 2. The Morgan fingerprint density at radius 3 is 2.35 bits per heavy atom. The van der Waals surface area contributed by atoms with Crippen LogP contribution in [0.1, 0.15) is 39.7 Å². The van der Waals surface area contributed by atoms with Crippen LogP contribution in [0.15, 0.2) is 36.5 Å². The largest absolute Gasteiger partial charge is 0.370 e. The Morgan fingerprint density at radius 2 is 1.75 bits per heavy atom. The van der Waals surface area contributed by atoms with Gasteiger partial charge in [-0.1, -0.05) is 52.0 Å². The summed E-state index contributed by atoms with van der Waals surface area (Å²) in [5.74, 6) is 1.66. The summed E-state index contributed by atoms with van der Waals surface area (Å²) in [7, 11) is 0. The van der Waals surface area contributed by atoms with Gasteiger partial charge in [0.2, 0.25) is 0 Å². The Labute approximate surface area is 121 Å². The van der Waals surface area contributed by atoms with Gasteiger partial charge in [-0.2, -0.15) is 0 Å². The van der Waals surface area contributed by atoms with Crippen molar-refractivity contribution in [1.82, 2.24) is 9.97 Å². The molecule has 0 aliphatic carbocycles. The summed E-state index contributed by atoms with van der Waals surface area (Å²) in [6.45, 7) is 9.72. The molecule has 0 saturated carbocycles. The maximum Gasteiger partial charge on any atom is 0.161 e. The topological polar surface area (TPSA) is 37.8 Å². The molecular formula is C17H23N3. The molecule has 20 heavy (non-hydrogen) atoms. The first-order chi connectivity index (χ1) is 9.50. The molecule has 0 aliphatic rings. The molecule has 0 radical (unpaired) electrons. The molecule has 2 rings (SSSR count). The third-order valence-electron chi connectivity index (χ3n) is 3.22. The number of nitrogens with one attached hydrogen (secondary N) is 1. The fraction of sp³-hybridized carbons (Fsp3) is 0.412. The Morgan fingerprint density at radius 1 is 1.05 bits per heavy atom. The van der Waals surface area contributed by atoms with Crippen LogP contribution in [-0.2, 0) is 5.41 Å². The summed E-state index contributed by atoms with van der Waals surface area (Å²) >= 11 is 0. The Bertz CT molecular complexity index is 553. The van der Waals surface area contributed by atoms with Crippen molar-refractivity contribution in [3.05, 3.63) is 42.1 Å². The van der Waals surface area contributed by atoms with E-state index in [9.17, 15) is 0 Å². The number of hydrogen-bond donors (Lipinski definition) is 1. The van der Waals surface area contributed by atoms with Crippen LogP contribution < -0.4 is 5.32 Å². The van der Waals surface area contributed by atoms with Crippen LogP contribution in [-0.4, -0.2) is 16.5 Å². The minimum absolute atomic E-state index is 0.171. The zero-order chi connectivity index (χ0) is 14.6. The van der Waals surface area contributed by atoms with Crippen molar-refractivity contribution in [3.8, 4) is 11.4 Å². The Balaban J connectivity index is 2.23. The molecular weight excluding hydrogens is 246 g/mol. The van der Waals surface area contributed by atoms with Crippen molar-refractivity contribution < 1.29 is 0 Å². The second-order valence-corrected chi connectivity index (χ2v) is 6.02. The highest BCUT2D eigenvalue weighted by Crippen LogP contribution is 2.24. The maximum absolute atomic E-state index is 4.55. The molecule has 1 aromatic heterocycles. The standard InChI is InChI=1S/C17H23N3/c1-5-11-18-15-10-12-19-16(20-15)13-6-8-14(9-7-13)17(2,3)4/h6-10,12H,5,11H2,1-4H3,(H,18,19,20). The lowest BCUT2D eigenvalue weighted by molar-refractivity contribution is 0.590. The maximum atomic E-state index is 4.55. The molecule has 0 bridgehead atoms. The van der Waals surface area contributed by atoms with E-state index < -0.39 is 0 Å². The number of rotatable bonds is 4. The van der Waals surface area contributed by atoms with Gasteiger partial charge in [-0.05, 0) is 23.5 Å². The van der Waals surface area contributed by atoms with Gasteiger partial charge in [-0.25, -0.2) is 9.97 Å². The highest BCUT2D eigenvalue weighted by atomic mass is 15.0. The predicted octanol–water partition coefficient (Wildman–Crippen LogP) is 4.26. The van der Waals surface area contributed by atoms with Crippen molar-refractivity contribution in [2.45, 2.75) is 39.5 Å². The van der Waals surface area contributed by atoms with Crippen molar-refractivity contribution in [1.29, 1.82) is 0 Å². The van der Waals surface area contributed by atoms with Gasteiger partial charge in [-0.15, -0.1) is 0 Å². The third kappa shape index (κ3) is 3.56. The van der Waals surface area contributed by atoms with Crippen LogP contribution in [0.2, 0.25) is 0 Å². The smallest absolute Gasteiger partial charge is 0.161 e. The van der Waals surface area contributed by atoms with Gasteiger partial charge < -0.3 is 5.32 Å². The van der Waals surface area contributed by atoms with E-state index >= 15 is 0 Å². The molecule has 0 aliphatic heterocycles. The van der Waals surface area contributed by atoms with Crippen LogP contribution in [0.3, 0.4) is 0 Å². The molecule has 106 valence electrons. The van der Waals surface area contributed by atoms with Crippen LogP contribution in [0, 0.1) is 0 Å². The van der Waals surface area contributed by atoms with Gasteiger partial charge in [0, 0.05) is 18.3 Å². The van der Waals surface area contributed by atoms with Gasteiger partial charge >= 0.3 is 0 Å². The summed E-state index contributed by atoms with van der Waals surface area (Å²) in [5.41, 5.74) is 2.55. The highest BCUT2D eigenvalue weighted by Gasteiger charge is 2.13. The molecule has 1 N–H and O–H groups in total. The van der Waals surface area contributed by atoms with E-state index in [-0.39, 0.29) is 5.41 Å². The molecule has 0 saturated heterocycles. The second-order valence-electron chi connectivity index (χ2n) is 6.02. The summed E-state index contributed by atoms with van der Waals surface area (Å²) in [4.78, 5) is 8.91. The van der Waals surface area contributed by atoms with Crippen molar-refractivity contribution >= 4 is 5.82 Å². The first-order valence-corrected chi connectivity index (χ1v) is 7.18. The summed E-state index contributed by atoms with van der Waals surface area (Å²) in [5, 5.41) is 3.29. The van der Waals surface area contributed by atoms with E-state index in [0.717, 1.165) is 30.2 Å². The molecule has 0 fully saturated rings. The van der Waals surface area contributed by atoms with E-state index in [1.807, 2.05) is 6.07 Å². The van der Waals surface area contributed by atoms with Gasteiger partial charge in [-0.3, -0.25) is 0 Å². The van der Waals surface area contributed by atoms with Crippen LogP contribution in [0.5, 0.6) is 0 Å².